The van der Waals surface area contributed by atoms with Gasteiger partial charge in [-0.3, -0.25) is 0 Å². The number of aliphatic hydroxyl groups is 1. The molecule has 0 unspecified atom stereocenters. The third-order valence-electron chi connectivity index (χ3n) is 3.17. The van der Waals surface area contributed by atoms with Crippen LogP contribution in [0.5, 0.6) is 5.75 Å². The Morgan fingerprint density at radius 3 is 2.71 bits per heavy atom. The first-order valence-corrected chi connectivity index (χ1v) is 7.68. The van der Waals surface area contributed by atoms with Gasteiger partial charge in [-0.15, -0.1) is 0 Å². The summed E-state index contributed by atoms with van der Waals surface area (Å²) in [6.45, 7) is 2.74. The fourth-order valence-electron chi connectivity index (χ4n) is 2.08. The summed E-state index contributed by atoms with van der Waals surface area (Å²) in [6, 6.07) is 4.97. The van der Waals surface area contributed by atoms with Gasteiger partial charge in [-0.1, -0.05) is 29.8 Å². The van der Waals surface area contributed by atoms with Gasteiger partial charge in [-0.2, -0.15) is 8.78 Å². The highest BCUT2D eigenvalue weighted by Gasteiger charge is 2.17. The molecule has 1 aromatic rings. The van der Waals surface area contributed by atoms with Crippen LogP contribution in [-0.4, -0.2) is 24.9 Å². The van der Waals surface area contributed by atoms with Crippen molar-refractivity contribution in [1.82, 2.24) is 5.32 Å². The van der Waals surface area contributed by atoms with E-state index in [9.17, 15) is 8.78 Å². The van der Waals surface area contributed by atoms with Crippen LogP contribution in [0.2, 0.25) is 0 Å². The summed E-state index contributed by atoms with van der Waals surface area (Å²) in [5.74, 6) is 0.189. The van der Waals surface area contributed by atoms with E-state index in [0.29, 0.717) is 12.1 Å². The second kappa shape index (κ2) is 8.66. The van der Waals surface area contributed by atoms with Gasteiger partial charge in [0.2, 0.25) is 0 Å². The van der Waals surface area contributed by atoms with E-state index in [0.717, 1.165) is 23.9 Å². The molecule has 1 rings (SSSR count). The molecule has 0 amide bonds. The minimum absolute atomic E-state index is 0.0402. The zero-order valence-electron chi connectivity index (χ0n) is 12.3. The van der Waals surface area contributed by atoms with Gasteiger partial charge in [0.1, 0.15) is 5.75 Å². The molecule has 2 N–H and O–H groups in total. The second-order valence-electron chi connectivity index (χ2n) is 5.73. The van der Waals surface area contributed by atoms with Crippen molar-refractivity contribution < 1.29 is 18.6 Å². The smallest absolute Gasteiger partial charge is 0.387 e. The molecule has 0 aromatic heterocycles. The SMILES string of the molecule is CC(C)(CCCO)CNCc1cc(Br)ccc1OC(F)F. The molecule has 0 bridgehead atoms. The molecule has 0 aliphatic rings. The third kappa shape index (κ3) is 7.20. The average molecular weight is 366 g/mol. The maximum absolute atomic E-state index is 12.4. The Morgan fingerprint density at radius 1 is 1.38 bits per heavy atom. The van der Waals surface area contributed by atoms with Crippen LogP contribution in [0.1, 0.15) is 32.3 Å². The molecule has 0 aliphatic carbocycles. The van der Waals surface area contributed by atoms with Crippen molar-refractivity contribution >= 4 is 15.9 Å². The summed E-state index contributed by atoms with van der Waals surface area (Å²) in [5, 5.41) is 12.1. The summed E-state index contributed by atoms with van der Waals surface area (Å²) >= 11 is 3.33. The molecule has 0 fully saturated rings. The number of hydrogen-bond donors (Lipinski definition) is 2. The van der Waals surface area contributed by atoms with Gasteiger partial charge in [-0.05, 0) is 36.5 Å². The van der Waals surface area contributed by atoms with Crippen LogP contribution in [0.15, 0.2) is 22.7 Å². The van der Waals surface area contributed by atoms with Crippen LogP contribution in [0.3, 0.4) is 0 Å². The van der Waals surface area contributed by atoms with Gasteiger partial charge < -0.3 is 15.2 Å². The van der Waals surface area contributed by atoms with Crippen molar-refractivity contribution in [2.75, 3.05) is 13.2 Å². The number of rotatable bonds is 9. The topological polar surface area (TPSA) is 41.5 Å². The largest absolute Gasteiger partial charge is 0.434 e. The molecular weight excluding hydrogens is 344 g/mol. The van der Waals surface area contributed by atoms with Crippen molar-refractivity contribution in [3.63, 3.8) is 0 Å². The third-order valence-corrected chi connectivity index (χ3v) is 3.66. The van der Waals surface area contributed by atoms with E-state index in [2.05, 4.69) is 39.8 Å². The highest BCUT2D eigenvalue weighted by atomic mass is 79.9. The molecular formula is C15H22BrF2NO2. The zero-order chi connectivity index (χ0) is 15.9. The van der Waals surface area contributed by atoms with Gasteiger partial charge >= 0.3 is 6.61 Å². The summed E-state index contributed by atoms with van der Waals surface area (Å²) in [4.78, 5) is 0. The maximum atomic E-state index is 12.4. The average Bonchev–Trinajstić information content (AvgIpc) is 2.39. The van der Waals surface area contributed by atoms with E-state index in [4.69, 9.17) is 5.11 Å². The quantitative estimate of drug-likeness (QED) is 0.696. The van der Waals surface area contributed by atoms with E-state index in [1.165, 1.54) is 6.07 Å². The fraction of sp³-hybridized carbons (Fsp3) is 0.600. The number of aliphatic hydroxyl groups excluding tert-OH is 1. The summed E-state index contributed by atoms with van der Waals surface area (Å²) in [5.41, 5.74) is 0.723. The molecule has 1 aromatic carbocycles. The molecule has 0 saturated carbocycles. The lowest BCUT2D eigenvalue weighted by Crippen LogP contribution is -2.29. The Labute approximate surface area is 132 Å². The van der Waals surface area contributed by atoms with Crippen LogP contribution in [0.4, 0.5) is 8.78 Å². The molecule has 120 valence electrons. The molecule has 0 spiro atoms. The Hall–Kier alpha value is -0.720. The van der Waals surface area contributed by atoms with Crippen LogP contribution in [0.25, 0.3) is 0 Å². The Morgan fingerprint density at radius 2 is 2.10 bits per heavy atom. The van der Waals surface area contributed by atoms with Crippen LogP contribution in [-0.2, 0) is 6.54 Å². The van der Waals surface area contributed by atoms with E-state index < -0.39 is 6.61 Å². The highest BCUT2D eigenvalue weighted by Crippen LogP contribution is 2.26. The monoisotopic (exact) mass is 365 g/mol. The lowest BCUT2D eigenvalue weighted by molar-refractivity contribution is -0.0505. The number of ether oxygens (including phenoxy) is 1. The minimum atomic E-state index is -2.83. The molecule has 0 radical (unpaired) electrons. The first-order chi connectivity index (χ1) is 9.84. The minimum Gasteiger partial charge on any atom is -0.434 e. The van der Waals surface area contributed by atoms with Crippen LogP contribution < -0.4 is 10.1 Å². The number of hydrogen-bond acceptors (Lipinski definition) is 3. The summed E-state index contributed by atoms with van der Waals surface area (Å²) < 4.78 is 30.1. The van der Waals surface area contributed by atoms with Gasteiger partial charge in [0.25, 0.3) is 0 Å². The molecule has 3 nitrogen and oxygen atoms in total. The molecule has 21 heavy (non-hydrogen) atoms. The second-order valence-corrected chi connectivity index (χ2v) is 6.64. The number of alkyl halides is 2. The van der Waals surface area contributed by atoms with Gasteiger partial charge in [0, 0.05) is 29.7 Å². The molecule has 0 atom stereocenters. The molecule has 0 aliphatic heterocycles. The first kappa shape index (κ1) is 18.3. The van der Waals surface area contributed by atoms with Crippen molar-refractivity contribution in [2.24, 2.45) is 5.41 Å². The first-order valence-electron chi connectivity index (χ1n) is 6.89. The predicted molar refractivity (Wildman–Crippen MR) is 82.6 cm³/mol. The number of nitrogens with one attached hydrogen (secondary N) is 1. The van der Waals surface area contributed by atoms with Crippen LogP contribution in [0, 0.1) is 5.41 Å². The molecule has 0 heterocycles. The number of benzene rings is 1. The Balaban J connectivity index is 2.59. The van der Waals surface area contributed by atoms with Crippen LogP contribution >= 0.6 is 15.9 Å². The molecule has 6 heteroatoms. The Kier molecular flexibility index (Phi) is 7.56. The highest BCUT2D eigenvalue weighted by molar-refractivity contribution is 9.10. The van der Waals surface area contributed by atoms with Gasteiger partial charge in [0.15, 0.2) is 0 Å². The van der Waals surface area contributed by atoms with Crippen molar-refractivity contribution in [1.29, 1.82) is 0 Å². The summed E-state index contributed by atoms with van der Waals surface area (Å²) in [6.07, 6.45) is 1.65. The Bertz CT molecular complexity index is 442. The normalized spacial score (nSPS) is 12.0. The molecule has 0 saturated heterocycles. The lowest BCUT2D eigenvalue weighted by Gasteiger charge is -2.25. The fourth-order valence-corrected chi connectivity index (χ4v) is 2.49. The standard InChI is InChI=1S/C15H22BrF2NO2/c1-15(2,6-3-7-20)10-19-9-11-8-12(16)4-5-13(11)21-14(17)18/h4-5,8,14,19-20H,3,6-7,9-10H2,1-2H3. The zero-order valence-corrected chi connectivity index (χ0v) is 13.9. The van der Waals surface area contributed by atoms with E-state index in [1.54, 1.807) is 12.1 Å². The van der Waals surface area contributed by atoms with E-state index in [1.807, 2.05) is 0 Å². The summed E-state index contributed by atoms with van der Waals surface area (Å²) in [7, 11) is 0. The van der Waals surface area contributed by atoms with Gasteiger partial charge in [0.05, 0.1) is 0 Å². The van der Waals surface area contributed by atoms with Crippen molar-refractivity contribution in [3.8, 4) is 5.75 Å². The predicted octanol–water partition coefficient (Wildman–Crippen LogP) is 3.94. The van der Waals surface area contributed by atoms with Crippen molar-refractivity contribution in [2.45, 2.75) is 39.8 Å². The maximum Gasteiger partial charge on any atom is 0.387 e. The van der Waals surface area contributed by atoms with E-state index in [-0.39, 0.29) is 17.8 Å². The van der Waals surface area contributed by atoms with Crippen molar-refractivity contribution in [3.05, 3.63) is 28.2 Å². The van der Waals surface area contributed by atoms with E-state index >= 15 is 0 Å². The van der Waals surface area contributed by atoms with Gasteiger partial charge in [-0.25, -0.2) is 0 Å². The number of halogens is 3. The lowest BCUT2D eigenvalue weighted by atomic mass is 9.88.